The fourth-order valence-electron chi connectivity index (χ4n) is 5.45. The van der Waals surface area contributed by atoms with Gasteiger partial charge in [0.2, 0.25) is 11.3 Å². The first-order chi connectivity index (χ1) is 22.9. The van der Waals surface area contributed by atoms with Gasteiger partial charge in [-0.2, -0.15) is 9.03 Å². The number of anilines is 2. The van der Waals surface area contributed by atoms with Crippen molar-refractivity contribution in [3.8, 4) is 0 Å². The Morgan fingerprint density at radius 1 is 0.720 bits per heavy atom. The van der Waals surface area contributed by atoms with Crippen molar-refractivity contribution in [2.45, 2.75) is 13.8 Å². The first-order valence-electron chi connectivity index (χ1n) is 14.8. The average molecular weight is 717 g/mol. The van der Waals surface area contributed by atoms with Gasteiger partial charge in [0.1, 0.15) is 11.6 Å². The molecule has 0 saturated carbocycles. The van der Waals surface area contributed by atoms with Gasteiger partial charge in [-0.05, 0) is 65.0 Å². The summed E-state index contributed by atoms with van der Waals surface area (Å²) in [7, 11) is 3.09. The summed E-state index contributed by atoms with van der Waals surface area (Å²) in [6.07, 6.45) is 0. The molecule has 6 heterocycles. The SMILES string of the molecule is CO.Cc1cc2c(cc1F)nc(N1CCN(C)CC1)c1nnnn12.Cc1cc2c(cc1F)nc(N1CCNCC1)c1nnnn12.Cl.[B].[C-]#N.[Na+]. The zero-order valence-electron chi connectivity index (χ0n) is 28.4. The molecule has 16 nitrogen and oxygen atoms in total. The van der Waals surface area contributed by atoms with Gasteiger partial charge < -0.3 is 37.0 Å². The fourth-order valence-corrected chi connectivity index (χ4v) is 5.45. The van der Waals surface area contributed by atoms with Gasteiger partial charge in [-0.3, -0.25) is 0 Å². The number of benzene rings is 2. The van der Waals surface area contributed by atoms with Gasteiger partial charge in [-0.15, -0.1) is 22.6 Å². The molecule has 8 rings (SSSR count). The van der Waals surface area contributed by atoms with E-state index in [1.165, 1.54) is 12.1 Å². The van der Waals surface area contributed by atoms with Crippen molar-refractivity contribution in [2.75, 3.05) is 76.3 Å². The number of nitrogens with one attached hydrogen (secondary N) is 1. The number of aliphatic hydroxyl groups is 1. The van der Waals surface area contributed by atoms with Crippen LogP contribution in [0.25, 0.3) is 33.4 Å². The minimum atomic E-state index is -0.270. The molecule has 257 valence electrons. The molecule has 2 aliphatic heterocycles. The number of rotatable bonds is 2. The number of aryl methyl sites for hydroxylation is 2. The second-order valence-electron chi connectivity index (χ2n) is 10.9. The molecule has 2 aliphatic rings. The number of fused-ring (bicyclic) bond motifs is 6. The number of hydrogen-bond acceptors (Lipinski definition) is 14. The summed E-state index contributed by atoms with van der Waals surface area (Å²) >= 11 is 0. The molecular formula is C29H35BClF2N15NaO. The van der Waals surface area contributed by atoms with E-state index in [-0.39, 0.29) is 62.0 Å². The summed E-state index contributed by atoms with van der Waals surface area (Å²) in [5.41, 5.74) is 4.89. The largest absolute Gasteiger partial charge is 1.00 e. The van der Waals surface area contributed by atoms with Crippen LogP contribution in [0.15, 0.2) is 24.3 Å². The van der Waals surface area contributed by atoms with Crippen LogP contribution < -0.4 is 44.7 Å². The van der Waals surface area contributed by atoms with E-state index in [2.05, 4.69) is 68.1 Å². The maximum absolute atomic E-state index is 13.9. The minimum Gasteiger partial charge on any atom is -0.512 e. The second kappa shape index (κ2) is 18.9. The molecule has 0 atom stereocenters. The molecule has 2 aromatic carbocycles. The molecule has 2 fully saturated rings. The van der Waals surface area contributed by atoms with Crippen molar-refractivity contribution in [3.05, 3.63) is 53.6 Å². The number of halogens is 3. The third-order valence-electron chi connectivity index (χ3n) is 7.98. The van der Waals surface area contributed by atoms with Crippen LogP contribution in [0.3, 0.4) is 0 Å². The Hall–Kier alpha value is -3.90. The Morgan fingerprint density at radius 2 is 1.12 bits per heavy atom. The molecule has 3 radical (unpaired) electrons. The van der Waals surface area contributed by atoms with E-state index in [1.807, 2.05) is 0 Å². The Bertz CT molecular complexity index is 2030. The summed E-state index contributed by atoms with van der Waals surface area (Å²) in [5, 5.41) is 40.3. The number of aromatic nitrogens is 10. The molecule has 0 aliphatic carbocycles. The van der Waals surface area contributed by atoms with Crippen molar-refractivity contribution in [3.63, 3.8) is 0 Å². The Labute approximate surface area is 317 Å². The average Bonchev–Trinajstić information content (AvgIpc) is 3.80. The first kappa shape index (κ1) is 42.3. The van der Waals surface area contributed by atoms with Crippen molar-refractivity contribution < 1.29 is 43.4 Å². The molecule has 0 amide bonds. The molecule has 6 aromatic rings. The van der Waals surface area contributed by atoms with E-state index in [9.17, 15) is 8.78 Å². The minimum absolute atomic E-state index is 0. The van der Waals surface area contributed by atoms with Crippen LogP contribution >= 0.6 is 12.4 Å². The van der Waals surface area contributed by atoms with E-state index in [0.29, 0.717) is 50.6 Å². The molecule has 2 saturated heterocycles. The zero-order valence-corrected chi connectivity index (χ0v) is 31.2. The van der Waals surface area contributed by atoms with Crippen LogP contribution in [0.4, 0.5) is 20.4 Å². The van der Waals surface area contributed by atoms with Gasteiger partial charge in [0.25, 0.3) is 0 Å². The monoisotopic (exact) mass is 716 g/mol. The Balaban J connectivity index is 0.000000300. The van der Waals surface area contributed by atoms with E-state index in [0.717, 1.165) is 65.0 Å². The van der Waals surface area contributed by atoms with Gasteiger partial charge in [-0.25, -0.2) is 18.7 Å². The van der Waals surface area contributed by atoms with Gasteiger partial charge in [-0.1, -0.05) is 0 Å². The summed E-state index contributed by atoms with van der Waals surface area (Å²) in [4.78, 5) is 15.8. The van der Waals surface area contributed by atoms with Crippen LogP contribution in [-0.4, -0.2) is 135 Å². The maximum atomic E-state index is 13.9. The van der Waals surface area contributed by atoms with E-state index >= 15 is 0 Å². The molecule has 0 bridgehead atoms. The van der Waals surface area contributed by atoms with Crippen molar-refractivity contribution in [1.82, 2.24) is 60.3 Å². The number of likely N-dealkylation sites (N-methyl/N-ethyl adjacent to an activating group) is 1. The molecule has 21 heteroatoms. The van der Waals surface area contributed by atoms with Gasteiger partial charge in [0.15, 0.2) is 11.6 Å². The fraction of sp³-hybridized carbons (Fsp3) is 0.414. The van der Waals surface area contributed by atoms with Crippen molar-refractivity contribution in [1.29, 1.82) is 5.26 Å². The predicted octanol–water partition coefficient (Wildman–Crippen LogP) is -1.85. The van der Waals surface area contributed by atoms with Gasteiger partial charge in [0.05, 0.1) is 22.1 Å². The van der Waals surface area contributed by atoms with Crippen LogP contribution in [0, 0.1) is 37.3 Å². The van der Waals surface area contributed by atoms with Crippen molar-refractivity contribution >= 4 is 65.8 Å². The molecule has 4 aromatic heterocycles. The number of hydrogen-bond donors (Lipinski definition) is 2. The topological polar surface area (TPSA) is 178 Å². The number of piperazine rings is 2. The maximum Gasteiger partial charge on any atom is 1.00 e. The van der Waals surface area contributed by atoms with E-state index < -0.39 is 0 Å². The third kappa shape index (κ3) is 8.51. The molecular weight excluding hydrogens is 682 g/mol. The number of aliphatic hydroxyl groups excluding tert-OH is 1. The van der Waals surface area contributed by atoms with Crippen LogP contribution in [0.5, 0.6) is 0 Å². The van der Waals surface area contributed by atoms with Crippen LogP contribution in [0.1, 0.15) is 11.1 Å². The number of nitrogens with zero attached hydrogens (tertiary/aromatic N) is 14. The zero-order chi connectivity index (χ0) is 33.7. The molecule has 0 spiro atoms. The van der Waals surface area contributed by atoms with Crippen molar-refractivity contribution in [2.24, 2.45) is 0 Å². The summed E-state index contributed by atoms with van der Waals surface area (Å²) in [5.74, 6) is 0.886. The Morgan fingerprint density at radius 3 is 1.54 bits per heavy atom. The van der Waals surface area contributed by atoms with E-state index in [1.54, 1.807) is 35.0 Å². The van der Waals surface area contributed by atoms with Gasteiger partial charge in [0, 0.05) is 80.0 Å². The van der Waals surface area contributed by atoms with E-state index in [4.69, 9.17) is 16.9 Å². The molecule has 0 unspecified atom stereocenters. The van der Waals surface area contributed by atoms with Crippen LogP contribution in [-0.2, 0) is 0 Å². The smallest absolute Gasteiger partial charge is 0.512 e. The number of tetrazole rings is 2. The summed E-state index contributed by atoms with van der Waals surface area (Å²) in [6, 6.07) is 6.35. The van der Waals surface area contributed by atoms with Crippen LogP contribution in [0.2, 0.25) is 0 Å². The standard InChI is InChI=1S/C14H16FN7.C13H14FN7.CN.CH4O.B.ClH.Na/c1-9-7-12-11(8-10(9)15)16-13(14-17-18-19-22(12)14)21-5-3-20(2)4-6-21;1-8-6-11-10(7-9(8)14)16-12(13-17-18-19-21(11)13)20-4-2-15-3-5-20;2*1-2;;;/h7-8H,3-6H2,1-2H3;6-7,15H,2-5H2,1H3;;2H,1H3;;1H;/q;;-1;;;;+1. The quantitative estimate of drug-likeness (QED) is 0.151. The second-order valence-corrected chi connectivity index (χ2v) is 10.9. The molecule has 50 heavy (non-hydrogen) atoms. The predicted molar refractivity (Wildman–Crippen MR) is 182 cm³/mol. The van der Waals surface area contributed by atoms with Gasteiger partial charge >= 0.3 is 29.6 Å². The summed E-state index contributed by atoms with van der Waals surface area (Å²) < 4.78 is 31.0. The molecule has 2 N–H and O–H groups in total. The summed E-state index contributed by atoms with van der Waals surface area (Å²) in [6.45, 7) is 15.2. The third-order valence-corrected chi connectivity index (χ3v) is 7.98. The Kier molecular flexibility index (Phi) is 16.0. The normalized spacial score (nSPS) is 14.3. The first-order valence-corrected chi connectivity index (χ1v) is 14.8.